The summed E-state index contributed by atoms with van der Waals surface area (Å²) < 4.78 is 4.68. The van der Waals surface area contributed by atoms with Gasteiger partial charge in [0, 0.05) is 5.75 Å². The minimum absolute atomic E-state index is 0.306. The normalized spacial score (nSPS) is 22.8. The van der Waals surface area contributed by atoms with Crippen LogP contribution in [0.15, 0.2) is 30.3 Å². The average Bonchev–Trinajstić information content (AvgIpc) is 2.83. The molecule has 0 aromatic heterocycles. The number of methoxy groups -OCH3 is 1. The van der Waals surface area contributed by atoms with Crippen LogP contribution in [0.4, 0.5) is 4.79 Å². The summed E-state index contributed by atoms with van der Waals surface area (Å²) in [6.07, 6.45) is -0.610. The maximum atomic E-state index is 11.7. The Bertz CT molecular complexity index is 451. The molecule has 1 aromatic carbocycles. The van der Waals surface area contributed by atoms with Gasteiger partial charge in [0.15, 0.2) is 0 Å². The van der Waals surface area contributed by atoms with Crippen LogP contribution in [0.3, 0.4) is 0 Å². The Kier molecular flexibility index (Phi) is 3.76. The number of ether oxygens (including phenoxy) is 1. The van der Waals surface area contributed by atoms with Gasteiger partial charge in [-0.15, -0.1) is 11.8 Å². The molecular formula is C12H13NO4S. The SMILES string of the molecule is COC(=O)N1C(C(=O)O)CSC1c1ccccc1. The number of amides is 1. The molecule has 1 aromatic rings. The summed E-state index contributed by atoms with van der Waals surface area (Å²) in [5, 5.41) is 8.82. The summed E-state index contributed by atoms with van der Waals surface area (Å²) in [6, 6.07) is 8.50. The second kappa shape index (κ2) is 5.30. The molecule has 1 amide bonds. The molecule has 2 rings (SSSR count). The highest BCUT2D eigenvalue weighted by atomic mass is 32.2. The molecule has 0 saturated carbocycles. The van der Waals surface area contributed by atoms with Crippen LogP contribution in [0.1, 0.15) is 10.9 Å². The van der Waals surface area contributed by atoms with E-state index in [1.807, 2.05) is 30.3 Å². The number of nitrogens with zero attached hydrogens (tertiary/aromatic N) is 1. The molecule has 1 fully saturated rings. The second-order valence-electron chi connectivity index (χ2n) is 3.83. The van der Waals surface area contributed by atoms with E-state index in [2.05, 4.69) is 4.74 Å². The molecule has 6 heteroatoms. The van der Waals surface area contributed by atoms with Crippen molar-refractivity contribution in [2.24, 2.45) is 0 Å². The Morgan fingerprint density at radius 3 is 2.61 bits per heavy atom. The lowest BCUT2D eigenvalue weighted by atomic mass is 10.2. The first-order chi connectivity index (χ1) is 8.65. The molecule has 0 bridgehead atoms. The van der Waals surface area contributed by atoms with E-state index < -0.39 is 18.1 Å². The fourth-order valence-electron chi connectivity index (χ4n) is 1.90. The number of hydrogen-bond acceptors (Lipinski definition) is 4. The topological polar surface area (TPSA) is 66.8 Å². The standard InChI is InChI=1S/C12H13NO4S/c1-17-12(16)13-9(11(14)15)7-18-10(13)8-5-3-2-4-6-8/h2-6,9-10H,7H2,1H3,(H,14,15). The molecule has 96 valence electrons. The van der Waals surface area contributed by atoms with Crippen LogP contribution in [0, 0.1) is 0 Å². The van der Waals surface area contributed by atoms with Gasteiger partial charge in [-0.25, -0.2) is 9.59 Å². The number of carbonyl (C=O) groups is 2. The van der Waals surface area contributed by atoms with E-state index in [9.17, 15) is 9.59 Å². The van der Waals surface area contributed by atoms with E-state index in [1.165, 1.54) is 23.8 Å². The first kappa shape index (κ1) is 12.8. The van der Waals surface area contributed by atoms with Gasteiger partial charge >= 0.3 is 12.1 Å². The van der Waals surface area contributed by atoms with E-state index in [-0.39, 0.29) is 5.37 Å². The summed E-state index contributed by atoms with van der Waals surface area (Å²) in [7, 11) is 1.26. The predicted octanol–water partition coefficient (Wildman–Crippen LogP) is 1.95. The van der Waals surface area contributed by atoms with E-state index in [1.54, 1.807) is 0 Å². The zero-order chi connectivity index (χ0) is 13.1. The fraction of sp³-hybridized carbons (Fsp3) is 0.333. The van der Waals surface area contributed by atoms with Crippen molar-refractivity contribution in [2.45, 2.75) is 11.4 Å². The predicted molar refractivity (Wildman–Crippen MR) is 67.3 cm³/mol. The minimum Gasteiger partial charge on any atom is -0.480 e. The molecule has 1 N–H and O–H groups in total. The van der Waals surface area contributed by atoms with Crippen molar-refractivity contribution < 1.29 is 19.4 Å². The van der Waals surface area contributed by atoms with Crippen LogP contribution in [-0.2, 0) is 9.53 Å². The molecule has 0 aliphatic carbocycles. The molecular weight excluding hydrogens is 254 g/mol. The first-order valence-corrected chi connectivity index (χ1v) is 6.45. The van der Waals surface area contributed by atoms with Gasteiger partial charge in [-0.2, -0.15) is 0 Å². The van der Waals surface area contributed by atoms with Crippen molar-refractivity contribution in [2.75, 3.05) is 12.9 Å². The minimum atomic E-state index is -1.01. The van der Waals surface area contributed by atoms with Crippen molar-refractivity contribution in [3.05, 3.63) is 35.9 Å². The van der Waals surface area contributed by atoms with Gasteiger partial charge < -0.3 is 9.84 Å². The fourth-order valence-corrected chi connectivity index (χ4v) is 3.31. The zero-order valence-electron chi connectivity index (χ0n) is 9.78. The van der Waals surface area contributed by atoms with Gasteiger partial charge in [0.2, 0.25) is 0 Å². The highest BCUT2D eigenvalue weighted by Gasteiger charge is 2.43. The molecule has 0 radical (unpaired) electrons. The van der Waals surface area contributed by atoms with Gasteiger partial charge in [-0.1, -0.05) is 30.3 Å². The molecule has 0 spiro atoms. The Balaban J connectivity index is 2.31. The lowest BCUT2D eigenvalue weighted by Gasteiger charge is -2.25. The zero-order valence-corrected chi connectivity index (χ0v) is 10.6. The molecule has 1 aliphatic rings. The van der Waals surface area contributed by atoms with Gasteiger partial charge in [-0.05, 0) is 5.56 Å². The lowest BCUT2D eigenvalue weighted by molar-refractivity contribution is -0.141. The third-order valence-corrected chi connectivity index (χ3v) is 4.08. The summed E-state index contributed by atoms with van der Waals surface area (Å²) in [5.41, 5.74) is 0.900. The molecule has 1 saturated heterocycles. The van der Waals surface area contributed by atoms with Gasteiger partial charge in [0.05, 0.1) is 7.11 Å². The van der Waals surface area contributed by atoms with Gasteiger partial charge in [-0.3, -0.25) is 4.90 Å². The van der Waals surface area contributed by atoms with Crippen LogP contribution >= 0.6 is 11.8 Å². The maximum Gasteiger partial charge on any atom is 0.411 e. The highest BCUT2D eigenvalue weighted by molar-refractivity contribution is 7.99. The Morgan fingerprint density at radius 2 is 2.06 bits per heavy atom. The number of aliphatic carboxylic acids is 1. The number of carboxylic acid groups (broad SMARTS) is 1. The number of carboxylic acids is 1. The molecule has 2 atom stereocenters. The quantitative estimate of drug-likeness (QED) is 0.887. The monoisotopic (exact) mass is 267 g/mol. The Hall–Kier alpha value is -1.69. The summed E-state index contributed by atoms with van der Waals surface area (Å²) in [6.45, 7) is 0. The second-order valence-corrected chi connectivity index (χ2v) is 4.94. The summed E-state index contributed by atoms with van der Waals surface area (Å²) >= 11 is 1.43. The third kappa shape index (κ3) is 2.28. The van der Waals surface area contributed by atoms with Crippen LogP contribution in [0.25, 0.3) is 0 Å². The van der Waals surface area contributed by atoms with Crippen LogP contribution in [-0.4, -0.2) is 41.0 Å². The average molecular weight is 267 g/mol. The molecule has 18 heavy (non-hydrogen) atoms. The maximum absolute atomic E-state index is 11.7. The van der Waals surface area contributed by atoms with Crippen molar-refractivity contribution >= 4 is 23.8 Å². The van der Waals surface area contributed by atoms with E-state index in [4.69, 9.17) is 5.11 Å². The Morgan fingerprint density at radius 1 is 1.39 bits per heavy atom. The first-order valence-electron chi connectivity index (χ1n) is 5.40. The number of carbonyl (C=O) groups excluding carboxylic acids is 1. The number of hydrogen-bond donors (Lipinski definition) is 1. The smallest absolute Gasteiger partial charge is 0.411 e. The number of rotatable bonds is 2. The van der Waals surface area contributed by atoms with Crippen molar-refractivity contribution in [3.63, 3.8) is 0 Å². The molecule has 1 heterocycles. The number of benzene rings is 1. The van der Waals surface area contributed by atoms with Gasteiger partial charge in [0.1, 0.15) is 11.4 Å². The van der Waals surface area contributed by atoms with Crippen molar-refractivity contribution in [1.29, 1.82) is 0 Å². The number of thioether (sulfide) groups is 1. The van der Waals surface area contributed by atoms with Crippen molar-refractivity contribution in [3.8, 4) is 0 Å². The Labute approximate surface area is 109 Å². The van der Waals surface area contributed by atoms with Crippen molar-refractivity contribution in [1.82, 2.24) is 4.90 Å². The van der Waals surface area contributed by atoms with Crippen LogP contribution in [0.2, 0.25) is 0 Å². The largest absolute Gasteiger partial charge is 0.480 e. The third-order valence-electron chi connectivity index (χ3n) is 2.76. The summed E-state index contributed by atoms with van der Waals surface area (Å²) in [5.74, 6) is -0.643. The molecule has 2 unspecified atom stereocenters. The molecule has 5 nitrogen and oxygen atoms in total. The summed E-state index contributed by atoms with van der Waals surface area (Å²) in [4.78, 5) is 24.2. The highest BCUT2D eigenvalue weighted by Crippen LogP contribution is 2.41. The van der Waals surface area contributed by atoms with E-state index in [0.717, 1.165) is 5.56 Å². The molecule has 1 aliphatic heterocycles. The van der Waals surface area contributed by atoms with E-state index in [0.29, 0.717) is 5.75 Å². The van der Waals surface area contributed by atoms with Crippen LogP contribution in [0.5, 0.6) is 0 Å². The van der Waals surface area contributed by atoms with E-state index >= 15 is 0 Å². The lowest BCUT2D eigenvalue weighted by Crippen LogP contribution is -2.42. The van der Waals surface area contributed by atoms with Crippen LogP contribution < -0.4 is 0 Å². The van der Waals surface area contributed by atoms with Gasteiger partial charge in [0.25, 0.3) is 0 Å².